The summed E-state index contributed by atoms with van der Waals surface area (Å²) in [5, 5.41) is 9.09. The highest BCUT2D eigenvalue weighted by Crippen LogP contribution is 2.21. The topological polar surface area (TPSA) is 84.4 Å². The summed E-state index contributed by atoms with van der Waals surface area (Å²) < 4.78 is 1.83. The van der Waals surface area contributed by atoms with Gasteiger partial charge in [-0.05, 0) is 25.7 Å². The lowest BCUT2D eigenvalue weighted by Crippen LogP contribution is -2.44. The Hall–Kier alpha value is -1.40. The van der Waals surface area contributed by atoms with Crippen molar-refractivity contribution in [1.29, 1.82) is 0 Å². The van der Waals surface area contributed by atoms with Crippen LogP contribution in [-0.4, -0.2) is 51.2 Å². The van der Waals surface area contributed by atoms with Gasteiger partial charge in [0.15, 0.2) is 0 Å². The molecule has 0 radical (unpaired) electrons. The Balaban J connectivity index is 2.07. The van der Waals surface area contributed by atoms with Gasteiger partial charge in [-0.1, -0.05) is 0 Å². The van der Waals surface area contributed by atoms with Crippen molar-refractivity contribution in [2.75, 3.05) is 19.7 Å². The summed E-state index contributed by atoms with van der Waals surface area (Å²) in [6.07, 6.45) is 7.16. The summed E-state index contributed by atoms with van der Waals surface area (Å²) in [6, 6.07) is 0.144. The number of carbonyl (C=O) groups excluding carboxylic acids is 1. The molecule has 6 heteroatoms. The fraction of sp³-hybridized carbons (Fsp3) is 0.692. The average Bonchev–Trinajstić information content (AvgIpc) is 2.88. The first-order valence-corrected chi connectivity index (χ1v) is 6.90. The number of hydrogen-bond donors (Lipinski definition) is 2. The molecule has 106 valence electrons. The molecule has 1 saturated heterocycles. The number of rotatable bonds is 5. The summed E-state index contributed by atoms with van der Waals surface area (Å²) in [5.41, 5.74) is 5.95. The number of carbonyl (C=O) groups is 1. The normalized spacial score (nSPS) is 19.7. The van der Waals surface area contributed by atoms with Crippen molar-refractivity contribution in [3.63, 3.8) is 0 Å². The van der Waals surface area contributed by atoms with E-state index in [0.717, 1.165) is 25.8 Å². The smallest absolute Gasteiger partial charge is 0.274 e. The molecule has 1 amide bonds. The van der Waals surface area contributed by atoms with E-state index in [1.54, 1.807) is 12.5 Å². The molecule has 1 atom stereocenters. The number of nitrogens with two attached hydrogens (primary N) is 1. The summed E-state index contributed by atoms with van der Waals surface area (Å²) in [7, 11) is 0. The second-order valence-electron chi connectivity index (χ2n) is 4.95. The van der Waals surface area contributed by atoms with Crippen LogP contribution in [0.2, 0.25) is 0 Å². The lowest BCUT2D eigenvalue weighted by molar-refractivity contribution is 0.0569. The van der Waals surface area contributed by atoms with E-state index in [9.17, 15) is 4.79 Å². The van der Waals surface area contributed by atoms with Gasteiger partial charge in [0.05, 0.1) is 6.33 Å². The van der Waals surface area contributed by atoms with Crippen molar-refractivity contribution in [3.8, 4) is 0 Å². The third-order valence-corrected chi connectivity index (χ3v) is 3.59. The molecule has 3 N–H and O–H groups in total. The number of nitrogens with zero attached hydrogens (tertiary/aromatic N) is 3. The predicted octanol–water partition coefficient (Wildman–Crippen LogP) is 0.219. The van der Waals surface area contributed by atoms with Gasteiger partial charge in [0.1, 0.15) is 5.69 Å². The van der Waals surface area contributed by atoms with E-state index in [2.05, 4.69) is 4.98 Å². The number of imidazole rings is 1. The zero-order valence-electron chi connectivity index (χ0n) is 11.2. The van der Waals surface area contributed by atoms with Crippen LogP contribution in [0.15, 0.2) is 12.5 Å². The number of hydrogen-bond acceptors (Lipinski definition) is 4. The number of amides is 1. The molecular formula is C13H22N4O2. The third kappa shape index (κ3) is 3.33. The van der Waals surface area contributed by atoms with Gasteiger partial charge < -0.3 is 20.3 Å². The van der Waals surface area contributed by atoms with Gasteiger partial charge in [0.25, 0.3) is 5.91 Å². The highest BCUT2D eigenvalue weighted by Gasteiger charge is 2.28. The molecular weight excluding hydrogens is 244 g/mol. The van der Waals surface area contributed by atoms with Gasteiger partial charge in [0.2, 0.25) is 0 Å². The van der Waals surface area contributed by atoms with Crippen molar-refractivity contribution in [3.05, 3.63) is 18.2 Å². The number of likely N-dealkylation sites (tertiary alicyclic amines) is 1. The Morgan fingerprint density at radius 2 is 2.37 bits per heavy atom. The standard InChI is InChI=1S/C13H22N4O2/c14-5-7-16-9-12(15-10-16)13(19)17-6-2-1-3-11(17)4-8-18/h9-11,18H,1-8,14H2. The molecule has 1 aromatic heterocycles. The summed E-state index contributed by atoms with van der Waals surface area (Å²) in [4.78, 5) is 18.5. The minimum Gasteiger partial charge on any atom is -0.396 e. The Morgan fingerprint density at radius 3 is 3.11 bits per heavy atom. The maximum absolute atomic E-state index is 12.4. The first kappa shape index (κ1) is 14.0. The Labute approximate surface area is 113 Å². The Morgan fingerprint density at radius 1 is 1.53 bits per heavy atom. The highest BCUT2D eigenvalue weighted by molar-refractivity contribution is 5.92. The molecule has 1 aliphatic heterocycles. The minimum atomic E-state index is -0.0334. The maximum Gasteiger partial charge on any atom is 0.274 e. The van der Waals surface area contributed by atoms with Crippen molar-refractivity contribution >= 4 is 5.91 Å². The molecule has 2 rings (SSSR count). The fourth-order valence-corrected chi connectivity index (χ4v) is 2.61. The highest BCUT2D eigenvalue weighted by atomic mass is 16.3. The van der Waals surface area contributed by atoms with Crippen LogP contribution in [-0.2, 0) is 6.54 Å². The van der Waals surface area contributed by atoms with Crippen LogP contribution in [0.4, 0.5) is 0 Å². The van der Waals surface area contributed by atoms with E-state index < -0.39 is 0 Å². The van der Waals surface area contributed by atoms with E-state index in [1.165, 1.54) is 0 Å². The SMILES string of the molecule is NCCn1cnc(C(=O)N2CCCCC2CCO)c1. The predicted molar refractivity (Wildman–Crippen MR) is 71.7 cm³/mol. The first-order valence-electron chi connectivity index (χ1n) is 6.90. The monoisotopic (exact) mass is 266 g/mol. The number of aliphatic hydroxyl groups is 1. The van der Waals surface area contributed by atoms with Gasteiger partial charge >= 0.3 is 0 Å². The van der Waals surface area contributed by atoms with E-state index in [4.69, 9.17) is 10.8 Å². The van der Waals surface area contributed by atoms with Crippen molar-refractivity contribution < 1.29 is 9.90 Å². The summed E-state index contributed by atoms with van der Waals surface area (Å²) in [5.74, 6) is -0.0334. The minimum absolute atomic E-state index is 0.0334. The van der Waals surface area contributed by atoms with Crippen LogP contribution in [0, 0.1) is 0 Å². The quantitative estimate of drug-likeness (QED) is 0.798. The van der Waals surface area contributed by atoms with E-state index in [0.29, 0.717) is 25.2 Å². The molecule has 19 heavy (non-hydrogen) atoms. The summed E-state index contributed by atoms with van der Waals surface area (Å²) in [6.45, 7) is 2.07. The molecule has 0 aliphatic carbocycles. The van der Waals surface area contributed by atoms with Crippen LogP contribution < -0.4 is 5.73 Å². The largest absolute Gasteiger partial charge is 0.396 e. The van der Waals surface area contributed by atoms with Crippen molar-refractivity contribution in [2.45, 2.75) is 38.3 Å². The number of piperidine rings is 1. The molecule has 1 fully saturated rings. The van der Waals surface area contributed by atoms with Crippen LogP contribution in [0.25, 0.3) is 0 Å². The van der Waals surface area contributed by atoms with Gasteiger partial charge in [-0.3, -0.25) is 4.79 Å². The molecule has 0 aromatic carbocycles. The molecule has 0 bridgehead atoms. The van der Waals surface area contributed by atoms with Gasteiger partial charge in [-0.15, -0.1) is 0 Å². The fourth-order valence-electron chi connectivity index (χ4n) is 2.61. The van der Waals surface area contributed by atoms with Crippen LogP contribution in [0.3, 0.4) is 0 Å². The average molecular weight is 266 g/mol. The van der Waals surface area contributed by atoms with Gasteiger partial charge in [-0.25, -0.2) is 4.98 Å². The molecule has 1 unspecified atom stereocenters. The van der Waals surface area contributed by atoms with Crippen LogP contribution >= 0.6 is 0 Å². The first-order chi connectivity index (χ1) is 9.26. The number of aromatic nitrogens is 2. The van der Waals surface area contributed by atoms with Gasteiger partial charge in [-0.2, -0.15) is 0 Å². The molecule has 1 aromatic rings. The van der Waals surface area contributed by atoms with Gasteiger partial charge in [0, 0.05) is 38.5 Å². The Bertz CT molecular complexity index is 417. The van der Waals surface area contributed by atoms with E-state index in [-0.39, 0.29) is 18.6 Å². The maximum atomic E-state index is 12.4. The second-order valence-corrected chi connectivity index (χ2v) is 4.95. The van der Waals surface area contributed by atoms with E-state index in [1.807, 2.05) is 9.47 Å². The zero-order chi connectivity index (χ0) is 13.7. The lowest BCUT2D eigenvalue weighted by Gasteiger charge is -2.35. The van der Waals surface area contributed by atoms with Crippen LogP contribution in [0.1, 0.15) is 36.2 Å². The third-order valence-electron chi connectivity index (χ3n) is 3.59. The lowest BCUT2D eigenvalue weighted by atomic mass is 9.99. The summed E-state index contributed by atoms with van der Waals surface area (Å²) >= 11 is 0. The molecule has 1 aliphatic rings. The zero-order valence-corrected chi connectivity index (χ0v) is 11.2. The molecule has 0 spiro atoms. The molecule has 6 nitrogen and oxygen atoms in total. The van der Waals surface area contributed by atoms with Crippen LogP contribution in [0.5, 0.6) is 0 Å². The van der Waals surface area contributed by atoms with E-state index >= 15 is 0 Å². The second kappa shape index (κ2) is 6.68. The van der Waals surface area contributed by atoms with Crippen molar-refractivity contribution in [1.82, 2.24) is 14.5 Å². The molecule has 0 saturated carbocycles. The number of aliphatic hydroxyl groups excluding tert-OH is 1. The Kier molecular flexibility index (Phi) is 4.93. The van der Waals surface area contributed by atoms with Crippen molar-refractivity contribution in [2.24, 2.45) is 5.73 Å². The molecule has 2 heterocycles.